The van der Waals surface area contributed by atoms with Crippen molar-refractivity contribution < 1.29 is 19.1 Å². The maximum atomic E-state index is 12.6. The van der Waals surface area contributed by atoms with E-state index in [1.807, 2.05) is 0 Å². The zero-order valence-corrected chi connectivity index (χ0v) is 9.44. The monoisotopic (exact) mass is 239 g/mol. The summed E-state index contributed by atoms with van der Waals surface area (Å²) in [6, 6.07) is 5.94. The highest BCUT2D eigenvalue weighted by Crippen LogP contribution is 2.03. The first-order valence-electron chi connectivity index (χ1n) is 5.25. The Kier molecular flexibility index (Phi) is 4.63. The molecule has 1 rings (SSSR count). The van der Waals surface area contributed by atoms with Crippen molar-refractivity contribution in [3.05, 3.63) is 35.6 Å². The summed E-state index contributed by atoms with van der Waals surface area (Å²) in [6.07, 6.45) is 0.540. The van der Waals surface area contributed by atoms with Crippen LogP contribution in [-0.2, 0) is 16.0 Å². The first-order valence-corrected chi connectivity index (χ1v) is 5.25. The number of carboxylic acids is 1. The Bertz CT molecular complexity index is 403. The summed E-state index contributed by atoms with van der Waals surface area (Å²) in [5.74, 6) is -3.02. The van der Waals surface area contributed by atoms with Gasteiger partial charge in [-0.05, 0) is 31.0 Å². The molecule has 0 heterocycles. The molecule has 0 aliphatic carbocycles. The number of nitrogens with one attached hydrogen (secondary N) is 1. The summed E-state index contributed by atoms with van der Waals surface area (Å²) < 4.78 is 12.6. The van der Waals surface area contributed by atoms with Crippen molar-refractivity contribution in [1.29, 1.82) is 0 Å². The van der Waals surface area contributed by atoms with Gasteiger partial charge in [0.05, 0.1) is 0 Å². The predicted molar refractivity (Wildman–Crippen MR) is 59.9 cm³/mol. The summed E-state index contributed by atoms with van der Waals surface area (Å²) in [5, 5.41) is 11.1. The third kappa shape index (κ3) is 4.22. The topological polar surface area (TPSA) is 66.4 Å². The second kappa shape index (κ2) is 5.98. The van der Waals surface area contributed by atoms with E-state index in [0.29, 0.717) is 13.0 Å². The van der Waals surface area contributed by atoms with Gasteiger partial charge in [-0.15, -0.1) is 0 Å². The number of amides is 1. The molecule has 1 aromatic carbocycles. The second-order valence-electron chi connectivity index (χ2n) is 3.73. The van der Waals surface area contributed by atoms with Crippen molar-refractivity contribution >= 4 is 11.9 Å². The van der Waals surface area contributed by atoms with Crippen LogP contribution in [0.15, 0.2) is 24.3 Å². The molecule has 1 atom stereocenters. The summed E-state index contributed by atoms with van der Waals surface area (Å²) in [7, 11) is 0. The lowest BCUT2D eigenvalue weighted by Crippen LogP contribution is -2.34. The molecule has 0 saturated carbocycles. The third-order valence-corrected chi connectivity index (χ3v) is 2.39. The minimum Gasteiger partial charge on any atom is -0.481 e. The molecule has 4 nitrogen and oxygen atoms in total. The lowest BCUT2D eigenvalue weighted by molar-refractivity contribution is -0.146. The largest absolute Gasteiger partial charge is 0.481 e. The van der Waals surface area contributed by atoms with Gasteiger partial charge in [-0.3, -0.25) is 9.59 Å². The van der Waals surface area contributed by atoms with Gasteiger partial charge in [-0.1, -0.05) is 12.1 Å². The van der Waals surface area contributed by atoms with E-state index in [1.165, 1.54) is 19.1 Å². The molecule has 0 aliphatic rings. The Morgan fingerprint density at radius 2 is 1.94 bits per heavy atom. The van der Waals surface area contributed by atoms with Gasteiger partial charge in [0.1, 0.15) is 11.7 Å². The highest BCUT2D eigenvalue weighted by atomic mass is 19.1. The standard InChI is InChI=1S/C12H14FNO3/c1-8(12(16)17)11(15)14-7-6-9-2-4-10(13)5-3-9/h2-5,8H,6-7H2,1H3,(H,14,15)(H,16,17). The number of aliphatic carboxylic acids is 1. The minimum absolute atomic E-state index is 0.308. The van der Waals surface area contributed by atoms with Crippen LogP contribution in [-0.4, -0.2) is 23.5 Å². The van der Waals surface area contributed by atoms with Crippen LogP contribution in [0.4, 0.5) is 4.39 Å². The van der Waals surface area contributed by atoms with Crippen molar-refractivity contribution in [2.45, 2.75) is 13.3 Å². The molecule has 0 fully saturated rings. The number of halogens is 1. The lowest BCUT2D eigenvalue weighted by Gasteiger charge is -2.08. The van der Waals surface area contributed by atoms with E-state index < -0.39 is 17.8 Å². The fraction of sp³-hybridized carbons (Fsp3) is 0.333. The molecule has 0 aromatic heterocycles. The maximum Gasteiger partial charge on any atom is 0.315 e. The second-order valence-corrected chi connectivity index (χ2v) is 3.73. The molecule has 1 unspecified atom stereocenters. The lowest BCUT2D eigenvalue weighted by atomic mass is 10.1. The zero-order valence-electron chi connectivity index (χ0n) is 9.44. The van der Waals surface area contributed by atoms with Crippen molar-refractivity contribution in [2.75, 3.05) is 6.54 Å². The van der Waals surface area contributed by atoms with Gasteiger partial charge >= 0.3 is 5.97 Å². The summed E-state index contributed by atoms with van der Waals surface area (Å²) in [6.45, 7) is 1.66. The Morgan fingerprint density at radius 1 is 1.35 bits per heavy atom. The van der Waals surface area contributed by atoms with Crippen LogP contribution in [0.3, 0.4) is 0 Å². The molecular weight excluding hydrogens is 225 g/mol. The molecule has 2 N–H and O–H groups in total. The van der Waals surface area contributed by atoms with E-state index >= 15 is 0 Å². The average molecular weight is 239 g/mol. The molecular formula is C12H14FNO3. The summed E-state index contributed by atoms with van der Waals surface area (Å²) in [4.78, 5) is 21.8. The van der Waals surface area contributed by atoms with Gasteiger partial charge in [-0.2, -0.15) is 0 Å². The number of carbonyl (C=O) groups excluding carboxylic acids is 1. The Balaban J connectivity index is 2.35. The van der Waals surface area contributed by atoms with E-state index in [2.05, 4.69) is 5.32 Å². The van der Waals surface area contributed by atoms with Crippen molar-refractivity contribution in [1.82, 2.24) is 5.32 Å². The van der Waals surface area contributed by atoms with Crippen LogP contribution in [0.25, 0.3) is 0 Å². The smallest absolute Gasteiger partial charge is 0.315 e. The Hall–Kier alpha value is -1.91. The average Bonchev–Trinajstić information content (AvgIpc) is 2.30. The number of rotatable bonds is 5. The molecule has 5 heteroatoms. The number of carbonyl (C=O) groups is 2. The van der Waals surface area contributed by atoms with Crippen molar-refractivity contribution in [2.24, 2.45) is 5.92 Å². The minimum atomic E-state index is -1.15. The molecule has 1 aromatic rings. The number of carboxylic acid groups (broad SMARTS) is 1. The van der Waals surface area contributed by atoms with E-state index in [0.717, 1.165) is 5.56 Å². The van der Waals surface area contributed by atoms with Gasteiger partial charge < -0.3 is 10.4 Å². The van der Waals surface area contributed by atoms with E-state index in [-0.39, 0.29) is 5.82 Å². The first-order chi connectivity index (χ1) is 8.00. The van der Waals surface area contributed by atoms with Gasteiger partial charge in [0.15, 0.2) is 0 Å². The zero-order chi connectivity index (χ0) is 12.8. The van der Waals surface area contributed by atoms with Gasteiger partial charge in [-0.25, -0.2) is 4.39 Å². The fourth-order valence-corrected chi connectivity index (χ4v) is 1.25. The van der Waals surface area contributed by atoms with Crippen LogP contribution in [0, 0.1) is 11.7 Å². The van der Waals surface area contributed by atoms with Crippen molar-refractivity contribution in [3.63, 3.8) is 0 Å². The quantitative estimate of drug-likeness (QED) is 0.759. The van der Waals surface area contributed by atoms with E-state index in [1.54, 1.807) is 12.1 Å². The van der Waals surface area contributed by atoms with Gasteiger partial charge in [0.25, 0.3) is 0 Å². The fourth-order valence-electron chi connectivity index (χ4n) is 1.25. The molecule has 0 saturated heterocycles. The van der Waals surface area contributed by atoms with Gasteiger partial charge in [0.2, 0.25) is 5.91 Å². The van der Waals surface area contributed by atoms with Crippen LogP contribution in [0.1, 0.15) is 12.5 Å². The van der Waals surface area contributed by atoms with E-state index in [4.69, 9.17) is 5.11 Å². The predicted octanol–water partition coefficient (Wildman–Crippen LogP) is 1.21. The summed E-state index contributed by atoms with van der Waals surface area (Å²) in [5.41, 5.74) is 0.884. The van der Waals surface area contributed by atoms with Crippen LogP contribution in [0.5, 0.6) is 0 Å². The number of benzene rings is 1. The van der Waals surface area contributed by atoms with E-state index in [9.17, 15) is 14.0 Å². The molecule has 0 aliphatic heterocycles. The molecule has 0 bridgehead atoms. The number of hydrogen-bond donors (Lipinski definition) is 2. The first kappa shape index (κ1) is 13.2. The molecule has 92 valence electrons. The highest BCUT2D eigenvalue weighted by Gasteiger charge is 2.19. The van der Waals surface area contributed by atoms with Crippen LogP contribution >= 0.6 is 0 Å². The molecule has 17 heavy (non-hydrogen) atoms. The van der Waals surface area contributed by atoms with Crippen LogP contribution in [0.2, 0.25) is 0 Å². The Morgan fingerprint density at radius 3 is 2.47 bits per heavy atom. The maximum absolute atomic E-state index is 12.6. The molecule has 1 amide bonds. The third-order valence-electron chi connectivity index (χ3n) is 2.39. The van der Waals surface area contributed by atoms with Crippen molar-refractivity contribution in [3.8, 4) is 0 Å². The number of hydrogen-bond acceptors (Lipinski definition) is 2. The Labute approximate surface area is 98.5 Å². The molecule has 0 spiro atoms. The summed E-state index contributed by atoms with van der Waals surface area (Å²) >= 11 is 0. The highest BCUT2D eigenvalue weighted by molar-refractivity contribution is 5.96. The SMILES string of the molecule is CC(C(=O)O)C(=O)NCCc1ccc(F)cc1. The van der Waals surface area contributed by atoms with Gasteiger partial charge in [0, 0.05) is 6.54 Å². The van der Waals surface area contributed by atoms with Crippen LogP contribution < -0.4 is 5.32 Å². The molecule has 0 radical (unpaired) electrons. The normalized spacial score (nSPS) is 11.9.